The Bertz CT molecular complexity index is 1930. The van der Waals surface area contributed by atoms with Crippen LogP contribution in [0.15, 0.2) is 82.5 Å². The maximum atomic E-state index is 12.6. The Morgan fingerprint density at radius 1 is 0.816 bits per heavy atom. The molecular formula is C23H27N3O19P4. The number of amides is 1. The van der Waals surface area contributed by atoms with Crippen LogP contribution in [0.1, 0.15) is 11.8 Å². The molecule has 49 heavy (non-hydrogen) atoms. The third-order valence-electron chi connectivity index (χ3n) is 5.96. The number of ether oxygens (including phenoxy) is 2. The number of phosphoric acid groups is 4. The lowest BCUT2D eigenvalue weighted by Gasteiger charge is -2.22. The fourth-order valence-electron chi connectivity index (χ4n) is 3.99. The van der Waals surface area contributed by atoms with Gasteiger partial charge in [-0.3, -0.25) is 28.7 Å². The number of carbonyl (C=O) groups excluding carboxylic acids is 1. The number of nitrogens with one attached hydrogen (secondary N) is 2. The van der Waals surface area contributed by atoms with Gasteiger partial charge < -0.3 is 34.2 Å². The average Bonchev–Trinajstić information content (AvgIpc) is 3.28. The lowest BCUT2D eigenvalue weighted by Crippen LogP contribution is -2.41. The van der Waals surface area contributed by atoms with Crippen molar-refractivity contribution < 1.29 is 79.2 Å². The molecule has 1 aromatic heterocycles. The van der Waals surface area contributed by atoms with Crippen molar-refractivity contribution >= 4 is 43.1 Å². The number of hydrogen-bond donors (Lipinski definition) is 7. The Hall–Kier alpha value is -3.13. The van der Waals surface area contributed by atoms with E-state index in [0.29, 0.717) is 10.1 Å². The summed E-state index contributed by atoms with van der Waals surface area (Å²) in [5.74, 6) is 0. The Morgan fingerprint density at radius 3 is 1.96 bits per heavy atom. The first kappa shape index (κ1) is 38.7. The van der Waals surface area contributed by atoms with E-state index in [-0.39, 0.29) is 5.69 Å². The summed E-state index contributed by atoms with van der Waals surface area (Å²) in [5, 5.41) is 13.2. The van der Waals surface area contributed by atoms with Gasteiger partial charge in [0, 0.05) is 18.0 Å². The average molecular weight is 773 g/mol. The van der Waals surface area contributed by atoms with Crippen LogP contribution in [0.3, 0.4) is 0 Å². The monoisotopic (exact) mass is 773 g/mol. The summed E-state index contributed by atoms with van der Waals surface area (Å²) in [7, 11) is -23.4. The number of aromatic amines is 1. The molecule has 2 aromatic carbocycles. The Morgan fingerprint density at radius 2 is 1.37 bits per heavy atom. The van der Waals surface area contributed by atoms with Crippen LogP contribution in [0.5, 0.6) is 0 Å². The smallest absolute Gasteiger partial charge is 0.438 e. The van der Waals surface area contributed by atoms with Crippen molar-refractivity contribution in [3.8, 4) is 0 Å². The number of benzene rings is 2. The minimum atomic E-state index is -6.13. The van der Waals surface area contributed by atoms with Gasteiger partial charge >= 0.3 is 43.1 Å². The highest BCUT2D eigenvalue weighted by atomic mass is 31.3. The van der Waals surface area contributed by atoms with Gasteiger partial charge in [-0.1, -0.05) is 48.5 Å². The zero-order valence-corrected chi connectivity index (χ0v) is 27.9. The molecule has 1 amide bonds. The number of rotatable bonds is 15. The Kier molecular flexibility index (Phi) is 12.5. The van der Waals surface area contributed by atoms with Crippen molar-refractivity contribution in [1.82, 2.24) is 9.55 Å². The summed E-state index contributed by atoms with van der Waals surface area (Å²) in [4.78, 5) is 77.7. The normalized spacial score (nSPS) is 24.1. The van der Waals surface area contributed by atoms with Gasteiger partial charge in [0.15, 0.2) is 12.3 Å². The second-order valence-electron chi connectivity index (χ2n) is 9.61. The zero-order chi connectivity index (χ0) is 36.0. The molecule has 0 radical (unpaired) electrons. The molecule has 1 fully saturated rings. The lowest BCUT2D eigenvalue weighted by atomic mass is 10.1. The van der Waals surface area contributed by atoms with E-state index in [9.17, 15) is 57.3 Å². The molecule has 26 heteroatoms. The second-order valence-corrected chi connectivity index (χ2v) is 15.8. The minimum absolute atomic E-state index is 0.270. The predicted molar refractivity (Wildman–Crippen MR) is 161 cm³/mol. The number of phosphoric ester groups is 2. The standard InChI is InChI=1S/C23H27N3O19P4/c27-18-11-12-26(22(29)25-18)21-20(42-23(30)24-16-9-5-2-6-10-16)19(28)17(41-21)14-40-47(33,34)44-49(37,38)45-48(35,36)43-46(31,32)39-13-15-7-3-1-4-8-15/h1-12,17,19-21,28H,13-14H2,(H,24,30)(H,31,32)(H,33,34)(H,35,36)(H,37,38)(H,25,27,29). The summed E-state index contributed by atoms with van der Waals surface area (Å²) in [6.45, 7) is -1.81. The van der Waals surface area contributed by atoms with Crippen LogP contribution < -0.4 is 16.6 Å². The molecule has 3 aromatic rings. The van der Waals surface area contributed by atoms with Crippen molar-refractivity contribution in [3.63, 3.8) is 0 Å². The first-order valence-corrected chi connectivity index (χ1v) is 19.3. The van der Waals surface area contributed by atoms with Crippen LogP contribution in [0, 0.1) is 0 Å². The van der Waals surface area contributed by atoms with Crippen LogP contribution in [-0.4, -0.2) is 65.2 Å². The van der Waals surface area contributed by atoms with Crippen molar-refractivity contribution in [3.05, 3.63) is 99.3 Å². The molecule has 1 saturated heterocycles. The molecule has 0 aliphatic carbocycles. The minimum Gasteiger partial charge on any atom is -0.438 e. The molecule has 8 unspecified atom stereocenters. The van der Waals surface area contributed by atoms with Crippen LogP contribution in [0.25, 0.3) is 0 Å². The highest BCUT2D eigenvalue weighted by Crippen LogP contribution is 2.71. The highest BCUT2D eigenvalue weighted by Gasteiger charge is 2.50. The first-order chi connectivity index (χ1) is 22.8. The number of aliphatic hydroxyl groups is 1. The quantitative estimate of drug-likeness (QED) is 0.109. The van der Waals surface area contributed by atoms with Crippen LogP contribution >= 0.6 is 31.3 Å². The van der Waals surface area contributed by atoms with E-state index in [2.05, 4.69) is 27.3 Å². The molecule has 1 aliphatic rings. The molecule has 4 rings (SSSR count). The molecule has 0 bridgehead atoms. The zero-order valence-electron chi connectivity index (χ0n) is 24.3. The second kappa shape index (κ2) is 15.8. The Labute approximate surface area is 274 Å². The van der Waals surface area contributed by atoms with E-state index < -0.39 is 86.4 Å². The molecule has 22 nitrogen and oxygen atoms in total. The third-order valence-corrected chi connectivity index (χ3v) is 11.8. The van der Waals surface area contributed by atoms with E-state index in [0.717, 1.165) is 12.3 Å². The molecule has 8 atom stereocenters. The highest BCUT2D eigenvalue weighted by molar-refractivity contribution is 7.69. The van der Waals surface area contributed by atoms with Crippen molar-refractivity contribution in [2.24, 2.45) is 0 Å². The van der Waals surface area contributed by atoms with Gasteiger partial charge in [0.2, 0.25) is 0 Å². The third kappa shape index (κ3) is 11.7. The summed E-state index contributed by atoms with van der Waals surface area (Å²) in [5.41, 5.74) is -1.30. The summed E-state index contributed by atoms with van der Waals surface area (Å²) >= 11 is 0. The molecule has 7 N–H and O–H groups in total. The number of nitrogens with zero attached hydrogens (tertiary/aromatic N) is 1. The SMILES string of the molecule is O=C(Nc1ccccc1)OC1C(O)C(COP(=O)(O)OP(=O)(O)OP(=O)(O)OP(=O)(O)OCc2ccccc2)OC1n1ccc(=O)[nH]c1=O. The van der Waals surface area contributed by atoms with E-state index in [1.54, 1.807) is 36.4 Å². The number of carbonyl (C=O) groups is 1. The number of para-hydroxylation sites is 1. The Balaban J connectivity index is 1.40. The van der Waals surface area contributed by atoms with Gasteiger partial charge in [-0.25, -0.2) is 27.8 Å². The van der Waals surface area contributed by atoms with Crippen LogP contribution in [0.4, 0.5) is 10.5 Å². The topological polar surface area (TPSA) is 318 Å². The van der Waals surface area contributed by atoms with Crippen LogP contribution in [-0.2, 0) is 56.3 Å². The van der Waals surface area contributed by atoms with Gasteiger partial charge in [-0.05, 0) is 17.7 Å². The molecule has 268 valence electrons. The lowest BCUT2D eigenvalue weighted by molar-refractivity contribution is -0.0551. The summed E-state index contributed by atoms with van der Waals surface area (Å²) < 4.78 is 81.0. The van der Waals surface area contributed by atoms with Gasteiger partial charge in [0.1, 0.15) is 12.2 Å². The number of H-pyrrole nitrogens is 1. The van der Waals surface area contributed by atoms with Crippen molar-refractivity contribution in [1.29, 1.82) is 0 Å². The van der Waals surface area contributed by atoms with E-state index >= 15 is 0 Å². The van der Waals surface area contributed by atoms with Crippen LogP contribution in [0.2, 0.25) is 0 Å². The molecule has 0 saturated carbocycles. The van der Waals surface area contributed by atoms with Gasteiger partial charge in [0.25, 0.3) is 5.56 Å². The fourth-order valence-corrected chi connectivity index (χ4v) is 8.92. The number of anilines is 1. The van der Waals surface area contributed by atoms with Crippen molar-refractivity contribution in [2.45, 2.75) is 31.1 Å². The molecule has 1 aliphatic heterocycles. The number of hydrogen-bond acceptors (Lipinski definition) is 15. The molecule has 0 spiro atoms. The largest absolute Gasteiger partial charge is 0.490 e. The predicted octanol–water partition coefficient (Wildman–Crippen LogP) is 2.10. The summed E-state index contributed by atoms with van der Waals surface area (Å²) in [6, 6.07) is 16.3. The number of aromatic nitrogens is 2. The van der Waals surface area contributed by atoms with E-state index in [1.165, 1.54) is 24.3 Å². The maximum Gasteiger partial charge on any atom is 0.490 e. The van der Waals surface area contributed by atoms with E-state index in [1.807, 2.05) is 4.98 Å². The maximum absolute atomic E-state index is 12.6. The molecule has 2 heterocycles. The fraction of sp³-hybridized carbons (Fsp3) is 0.261. The first-order valence-electron chi connectivity index (χ1n) is 13.3. The summed E-state index contributed by atoms with van der Waals surface area (Å²) in [6.07, 6.45) is -7.34. The van der Waals surface area contributed by atoms with E-state index in [4.69, 9.17) is 9.47 Å². The molecular weight excluding hydrogens is 746 g/mol. The van der Waals surface area contributed by atoms with Crippen molar-refractivity contribution in [2.75, 3.05) is 11.9 Å². The van der Waals surface area contributed by atoms with Gasteiger partial charge in [0.05, 0.1) is 13.2 Å². The van der Waals surface area contributed by atoms with Gasteiger partial charge in [-0.15, -0.1) is 0 Å². The number of aliphatic hydroxyl groups excluding tert-OH is 1. The van der Waals surface area contributed by atoms with Gasteiger partial charge in [-0.2, -0.15) is 12.9 Å².